The molecule has 3 N–H and O–H groups in total. The molecular formula is C12H15FN2OS. The summed E-state index contributed by atoms with van der Waals surface area (Å²) in [6.45, 7) is 0.635. The van der Waals surface area contributed by atoms with Gasteiger partial charge in [0.2, 0.25) is 0 Å². The molecule has 92 valence electrons. The summed E-state index contributed by atoms with van der Waals surface area (Å²) in [4.78, 5) is 0. The lowest BCUT2D eigenvalue weighted by Crippen LogP contribution is -2.07. The molecule has 0 bridgehead atoms. The van der Waals surface area contributed by atoms with E-state index in [9.17, 15) is 4.39 Å². The highest BCUT2D eigenvalue weighted by atomic mass is 32.2. The zero-order chi connectivity index (χ0) is 12.7. The first-order chi connectivity index (χ1) is 8.19. The molecule has 1 aromatic carbocycles. The van der Waals surface area contributed by atoms with Crippen molar-refractivity contribution in [3.63, 3.8) is 0 Å². The summed E-state index contributed by atoms with van der Waals surface area (Å²) in [6, 6.07) is 2.80. The molecule has 1 aromatic rings. The second-order valence-corrected chi connectivity index (χ2v) is 4.36. The SMILES string of the molecule is C#CCSCCNc1cc(OC)c(N)cc1F. The standard InChI is InChI=1S/C12H15FN2OS/c1-3-5-17-6-4-15-11-8-12(16-2)10(14)7-9(11)13/h1,7-8,15H,4-6,14H2,2H3. The number of halogens is 1. The van der Waals surface area contributed by atoms with E-state index in [-0.39, 0.29) is 11.5 Å². The fourth-order valence-corrected chi connectivity index (χ4v) is 1.78. The van der Waals surface area contributed by atoms with Crippen LogP contribution in [0.1, 0.15) is 0 Å². The third-order valence-electron chi connectivity index (χ3n) is 2.07. The highest BCUT2D eigenvalue weighted by molar-refractivity contribution is 7.99. The Kier molecular flexibility index (Phi) is 5.50. The third-order valence-corrected chi connectivity index (χ3v) is 2.93. The molecule has 0 heterocycles. The molecule has 0 aliphatic carbocycles. The van der Waals surface area contributed by atoms with Crippen molar-refractivity contribution >= 4 is 23.1 Å². The molecule has 3 nitrogen and oxygen atoms in total. The predicted octanol–water partition coefficient (Wildman–Crippen LogP) is 2.19. The third kappa shape index (κ3) is 4.08. The van der Waals surface area contributed by atoms with E-state index in [1.165, 1.54) is 13.2 Å². The van der Waals surface area contributed by atoms with E-state index in [0.717, 1.165) is 5.75 Å². The molecule has 0 saturated heterocycles. The van der Waals surface area contributed by atoms with Crippen molar-refractivity contribution in [1.29, 1.82) is 0 Å². The highest BCUT2D eigenvalue weighted by Crippen LogP contribution is 2.28. The molecule has 0 amide bonds. The van der Waals surface area contributed by atoms with Gasteiger partial charge in [-0.2, -0.15) is 0 Å². The summed E-state index contributed by atoms with van der Waals surface area (Å²) in [5.74, 6) is 4.08. The number of rotatable bonds is 6. The fraction of sp³-hybridized carbons (Fsp3) is 0.333. The van der Waals surface area contributed by atoms with Gasteiger partial charge in [-0.05, 0) is 0 Å². The Balaban J connectivity index is 2.56. The summed E-state index contributed by atoms with van der Waals surface area (Å²) >= 11 is 1.61. The van der Waals surface area contributed by atoms with Crippen LogP contribution >= 0.6 is 11.8 Å². The maximum Gasteiger partial charge on any atom is 0.148 e. The Morgan fingerprint density at radius 3 is 3.00 bits per heavy atom. The molecule has 0 saturated carbocycles. The van der Waals surface area contributed by atoms with Crippen molar-refractivity contribution in [2.45, 2.75) is 0 Å². The average molecular weight is 254 g/mol. The first-order valence-electron chi connectivity index (χ1n) is 5.07. The number of nitrogens with one attached hydrogen (secondary N) is 1. The molecule has 0 radical (unpaired) electrons. The van der Waals surface area contributed by atoms with Crippen LogP contribution in [-0.4, -0.2) is 25.2 Å². The number of nitrogens with two attached hydrogens (primary N) is 1. The number of thioether (sulfide) groups is 1. The van der Waals surface area contributed by atoms with Crippen LogP contribution in [0.5, 0.6) is 5.75 Å². The molecule has 1 rings (SSSR count). The lowest BCUT2D eigenvalue weighted by atomic mass is 10.2. The van der Waals surface area contributed by atoms with Crippen LogP contribution in [0.3, 0.4) is 0 Å². The fourth-order valence-electron chi connectivity index (χ4n) is 1.27. The molecule has 0 spiro atoms. The maximum absolute atomic E-state index is 13.5. The van der Waals surface area contributed by atoms with Crippen molar-refractivity contribution in [1.82, 2.24) is 0 Å². The zero-order valence-corrected chi connectivity index (χ0v) is 10.4. The summed E-state index contributed by atoms with van der Waals surface area (Å²) < 4.78 is 18.5. The van der Waals surface area contributed by atoms with Crippen molar-refractivity contribution < 1.29 is 9.13 Å². The van der Waals surface area contributed by atoms with Crippen LogP contribution in [0.4, 0.5) is 15.8 Å². The average Bonchev–Trinajstić information content (AvgIpc) is 2.31. The van der Waals surface area contributed by atoms with E-state index in [4.69, 9.17) is 16.9 Å². The minimum absolute atomic E-state index is 0.289. The first-order valence-corrected chi connectivity index (χ1v) is 6.22. The van der Waals surface area contributed by atoms with Crippen LogP contribution in [0.2, 0.25) is 0 Å². The first kappa shape index (κ1) is 13.5. The Morgan fingerprint density at radius 1 is 1.59 bits per heavy atom. The van der Waals surface area contributed by atoms with Gasteiger partial charge in [0.05, 0.1) is 24.2 Å². The quantitative estimate of drug-likeness (QED) is 0.464. The van der Waals surface area contributed by atoms with Gasteiger partial charge in [-0.25, -0.2) is 4.39 Å². The van der Waals surface area contributed by atoms with Crippen LogP contribution in [0.15, 0.2) is 12.1 Å². The van der Waals surface area contributed by atoms with Gasteiger partial charge in [0.1, 0.15) is 11.6 Å². The second kappa shape index (κ2) is 6.92. The largest absolute Gasteiger partial charge is 0.495 e. The zero-order valence-electron chi connectivity index (χ0n) is 9.63. The molecule has 0 aromatic heterocycles. The number of nitrogen functional groups attached to an aromatic ring is 1. The Hall–Kier alpha value is -1.54. The predicted molar refractivity (Wildman–Crippen MR) is 72.0 cm³/mol. The van der Waals surface area contributed by atoms with E-state index in [1.807, 2.05) is 0 Å². The van der Waals surface area contributed by atoms with E-state index in [2.05, 4.69) is 11.2 Å². The van der Waals surface area contributed by atoms with Gasteiger partial charge < -0.3 is 15.8 Å². The molecule has 0 aliphatic rings. The normalized spacial score (nSPS) is 9.71. The van der Waals surface area contributed by atoms with Crippen molar-refractivity contribution in [3.8, 4) is 18.1 Å². The molecule has 0 atom stereocenters. The summed E-state index contributed by atoms with van der Waals surface area (Å²) in [7, 11) is 1.50. The number of hydrogen-bond donors (Lipinski definition) is 2. The van der Waals surface area contributed by atoms with Crippen LogP contribution in [0.25, 0.3) is 0 Å². The number of terminal acetylenes is 1. The monoisotopic (exact) mass is 254 g/mol. The number of ether oxygens (including phenoxy) is 1. The van der Waals surface area contributed by atoms with E-state index >= 15 is 0 Å². The number of anilines is 2. The molecule has 17 heavy (non-hydrogen) atoms. The van der Waals surface area contributed by atoms with Crippen LogP contribution in [0, 0.1) is 18.2 Å². The topological polar surface area (TPSA) is 47.3 Å². The van der Waals surface area contributed by atoms with E-state index < -0.39 is 0 Å². The molecule has 0 unspecified atom stereocenters. The van der Waals surface area contributed by atoms with Crippen LogP contribution in [-0.2, 0) is 0 Å². The summed E-state index contributed by atoms with van der Waals surface area (Å²) in [5.41, 5.74) is 6.25. The lowest BCUT2D eigenvalue weighted by Gasteiger charge is -2.10. The van der Waals surface area contributed by atoms with Gasteiger partial charge in [0.15, 0.2) is 0 Å². The number of benzene rings is 1. The van der Waals surface area contributed by atoms with E-state index in [0.29, 0.717) is 23.7 Å². The second-order valence-electron chi connectivity index (χ2n) is 3.26. The minimum Gasteiger partial charge on any atom is -0.495 e. The Morgan fingerprint density at radius 2 is 2.35 bits per heavy atom. The van der Waals surface area contributed by atoms with Gasteiger partial charge in [-0.15, -0.1) is 18.2 Å². The summed E-state index contributed by atoms with van der Waals surface area (Å²) in [6.07, 6.45) is 5.12. The Labute approximate surface area is 105 Å². The smallest absolute Gasteiger partial charge is 0.148 e. The number of methoxy groups -OCH3 is 1. The van der Waals surface area contributed by atoms with Gasteiger partial charge in [-0.3, -0.25) is 0 Å². The Bertz CT molecular complexity index is 418. The molecule has 0 aliphatic heterocycles. The van der Waals surface area contributed by atoms with E-state index in [1.54, 1.807) is 17.8 Å². The van der Waals surface area contributed by atoms with Crippen molar-refractivity contribution in [3.05, 3.63) is 17.9 Å². The lowest BCUT2D eigenvalue weighted by molar-refractivity contribution is 0.416. The molecular weight excluding hydrogens is 239 g/mol. The maximum atomic E-state index is 13.5. The van der Waals surface area contributed by atoms with Gasteiger partial charge >= 0.3 is 0 Å². The molecule has 5 heteroatoms. The van der Waals surface area contributed by atoms with Gasteiger partial charge in [0, 0.05) is 24.4 Å². The number of hydrogen-bond acceptors (Lipinski definition) is 4. The van der Waals surface area contributed by atoms with Gasteiger partial charge in [-0.1, -0.05) is 5.92 Å². The minimum atomic E-state index is -0.384. The van der Waals surface area contributed by atoms with Crippen molar-refractivity contribution in [2.24, 2.45) is 0 Å². The highest BCUT2D eigenvalue weighted by Gasteiger charge is 2.07. The molecule has 0 fully saturated rings. The van der Waals surface area contributed by atoms with Gasteiger partial charge in [0.25, 0.3) is 0 Å². The van der Waals surface area contributed by atoms with Crippen LogP contribution < -0.4 is 15.8 Å². The summed E-state index contributed by atoms with van der Waals surface area (Å²) in [5, 5.41) is 2.97. The van der Waals surface area contributed by atoms with Crippen molar-refractivity contribution in [2.75, 3.05) is 36.2 Å².